The van der Waals surface area contributed by atoms with E-state index in [9.17, 15) is 9.59 Å². The summed E-state index contributed by atoms with van der Waals surface area (Å²) < 4.78 is 10.5. The summed E-state index contributed by atoms with van der Waals surface area (Å²) in [6.07, 6.45) is 0.188. The van der Waals surface area contributed by atoms with Gasteiger partial charge in [-0.1, -0.05) is 18.2 Å². The van der Waals surface area contributed by atoms with E-state index in [1.54, 1.807) is 30.2 Å². The summed E-state index contributed by atoms with van der Waals surface area (Å²) in [7, 11) is 3.09. The normalized spacial score (nSPS) is 16.6. The van der Waals surface area contributed by atoms with Gasteiger partial charge >= 0.3 is 0 Å². The second kappa shape index (κ2) is 7.25. The highest BCUT2D eigenvalue weighted by Gasteiger charge is 2.35. The zero-order chi connectivity index (χ0) is 17.8. The van der Waals surface area contributed by atoms with E-state index in [2.05, 4.69) is 5.32 Å². The van der Waals surface area contributed by atoms with Crippen molar-refractivity contribution < 1.29 is 19.1 Å². The van der Waals surface area contributed by atoms with Gasteiger partial charge in [-0.3, -0.25) is 9.59 Å². The Morgan fingerprint density at radius 1 is 1.12 bits per heavy atom. The number of hydrogen-bond donors (Lipinski definition) is 1. The molecule has 1 heterocycles. The summed E-state index contributed by atoms with van der Waals surface area (Å²) in [5.41, 5.74) is 1.33. The molecule has 1 fully saturated rings. The zero-order valence-corrected chi connectivity index (χ0v) is 14.2. The number of carbonyl (C=O) groups excluding carboxylic acids is 2. The minimum Gasteiger partial charge on any atom is -0.497 e. The summed E-state index contributed by atoms with van der Waals surface area (Å²) in [5, 5.41) is 2.85. The molecule has 1 aliphatic rings. The highest BCUT2D eigenvalue weighted by molar-refractivity contribution is 6.04. The number of carbonyl (C=O) groups is 2. The van der Waals surface area contributed by atoms with E-state index in [1.165, 1.54) is 7.11 Å². The smallest absolute Gasteiger partial charge is 0.229 e. The Kier molecular flexibility index (Phi) is 4.88. The largest absolute Gasteiger partial charge is 0.497 e. The van der Waals surface area contributed by atoms with Crippen LogP contribution in [0.5, 0.6) is 11.5 Å². The number of para-hydroxylation sites is 1. The highest BCUT2D eigenvalue weighted by atomic mass is 16.5. The first-order chi connectivity index (χ1) is 12.1. The molecule has 3 rings (SSSR count). The molecule has 2 aromatic carbocycles. The van der Waals surface area contributed by atoms with E-state index in [-0.39, 0.29) is 18.2 Å². The van der Waals surface area contributed by atoms with Crippen molar-refractivity contribution >= 4 is 23.2 Å². The Bertz CT molecular complexity index is 776. The Balaban J connectivity index is 1.73. The van der Waals surface area contributed by atoms with Gasteiger partial charge in [-0.25, -0.2) is 0 Å². The predicted molar refractivity (Wildman–Crippen MR) is 95.1 cm³/mol. The second-order valence-electron chi connectivity index (χ2n) is 5.80. The average Bonchev–Trinajstić information content (AvgIpc) is 3.04. The number of rotatable bonds is 5. The Hall–Kier alpha value is -3.02. The van der Waals surface area contributed by atoms with Gasteiger partial charge in [0.05, 0.1) is 25.8 Å². The van der Waals surface area contributed by atoms with Crippen molar-refractivity contribution in [1.29, 1.82) is 0 Å². The number of ether oxygens (including phenoxy) is 2. The molecule has 1 aliphatic heterocycles. The van der Waals surface area contributed by atoms with Crippen LogP contribution in [0.25, 0.3) is 0 Å². The Morgan fingerprint density at radius 3 is 2.56 bits per heavy atom. The van der Waals surface area contributed by atoms with Gasteiger partial charge in [0.1, 0.15) is 11.5 Å². The maximum Gasteiger partial charge on any atom is 0.229 e. The van der Waals surface area contributed by atoms with Crippen LogP contribution in [-0.4, -0.2) is 32.6 Å². The lowest BCUT2D eigenvalue weighted by Gasteiger charge is -2.17. The minimum atomic E-state index is -0.413. The van der Waals surface area contributed by atoms with Crippen molar-refractivity contribution in [3.63, 3.8) is 0 Å². The molecule has 0 unspecified atom stereocenters. The lowest BCUT2D eigenvalue weighted by molar-refractivity contribution is -0.122. The van der Waals surface area contributed by atoms with E-state index in [0.29, 0.717) is 23.7 Å². The summed E-state index contributed by atoms with van der Waals surface area (Å²) >= 11 is 0. The van der Waals surface area contributed by atoms with Gasteiger partial charge in [-0.2, -0.15) is 0 Å². The van der Waals surface area contributed by atoms with Crippen molar-refractivity contribution in [3.8, 4) is 11.5 Å². The standard InChI is InChI=1S/C19H20N2O4/c1-24-15-8-9-17(25-2)16(11-15)20-19(23)13-10-18(22)21(12-13)14-6-4-3-5-7-14/h3-9,11,13H,10,12H2,1-2H3,(H,20,23)/t13-/m1/s1. The van der Waals surface area contributed by atoms with Gasteiger partial charge in [-0.05, 0) is 24.3 Å². The molecule has 130 valence electrons. The molecule has 1 atom stereocenters. The van der Waals surface area contributed by atoms with Crippen molar-refractivity contribution in [1.82, 2.24) is 0 Å². The van der Waals surface area contributed by atoms with Crippen molar-refractivity contribution in [2.24, 2.45) is 5.92 Å². The maximum absolute atomic E-state index is 12.6. The first-order valence-electron chi connectivity index (χ1n) is 8.00. The van der Waals surface area contributed by atoms with Crippen LogP contribution in [0, 0.1) is 5.92 Å². The van der Waals surface area contributed by atoms with Crippen LogP contribution in [0.1, 0.15) is 6.42 Å². The fourth-order valence-corrected chi connectivity index (χ4v) is 2.89. The lowest BCUT2D eigenvalue weighted by Crippen LogP contribution is -2.28. The van der Waals surface area contributed by atoms with E-state index >= 15 is 0 Å². The highest BCUT2D eigenvalue weighted by Crippen LogP contribution is 2.31. The SMILES string of the molecule is COc1ccc(OC)c(NC(=O)[C@@H]2CC(=O)N(c3ccccc3)C2)c1. The predicted octanol–water partition coefficient (Wildman–Crippen LogP) is 2.70. The molecule has 6 heteroatoms. The summed E-state index contributed by atoms with van der Waals surface area (Å²) in [5.74, 6) is 0.480. The third kappa shape index (κ3) is 3.57. The Labute approximate surface area is 146 Å². The van der Waals surface area contributed by atoms with Crippen LogP contribution < -0.4 is 19.7 Å². The molecular weight excluding hydrogens is 320 g/mol. The van der Waals surface area contributed by atoms with Crippen molar-refractivity contribution in [2.75, 3.05) is 31.0 Å². The third-order valence-corrected chi connectivity index (χ3v) is 4.23. The quantitative estimate of drug-likeness (QED) is 0.909. The second-order valence-corrected chi connectivity index (χ2v) is 5.80. The number of benzene rings is 2. The number of nitrogens with one attached hydrogen (secondary N) is 1. The molecule has 6 nitrogen and oxygen atoms in total. The lowest BCUT2D eigenvalue weighted by atomic mass is 10.1. The molecule has 0 aliphatic carbocycles. The molecule has 2 amide bonds. The van der Waals surface area contributed by atoms with E-state index in [4.69, 9.17) is 9.47 Å². The molecule has 2 aromatic rings. The van der Waals surface area contributed by atoms with Crippen LogP contribution in [-0.2, 0) is 9.59 Å². The first-order valence-corrected chi connectivity index (χ1v) is 8.00. The van der Waals surface area contributed by atoms with Gasteiger partial charge in [0.25, 0.3) is 0 Å². The van der Waals surface area contributed by atoms with Crippen LogP contribution in [0.2, 0.25) is 0 Å². The summed E-state index contributed by atoms with van der Waals surface area (Å²) in [6.45, 7) is 0.362. The number of amides is 2. The molecule has 0 aromatic heterocycles. The number of methoxy groups -OCH3 is 2. The van der Waals surface area contributed by atoms with E-state index in [1.807, 2.05) is 30.3 Å². The number of nitrogens with zero attached hydrogens (tertiary/aromatic N) is 1. The zero-order valence-electron chi connectivity index (χ0n) is 14.2. The van der Waals surface area contributed by atoms with Crippen molar-refractivity contribution in [3.05, 3.63) is 48.5 Å². The summed E-state index contributed by atoms with van der Waals surface area (Å²) in [6, 6.07) is 14.5. The first kappa shape index (κ1) is 16.8. The molecule has 1 N–H and O–H groups in total. The molecule has 1 saturated heterocycles. The molecule has 0 spiro atoms. The molecular formula is C19H20N2O4. The fourth-order valence-electron chi connectivity index (χ4n) is 2.89. The minimum absolute atomic E-state index is 0.0519. The van der Waals surface area contributed by atoms with Crippen molar-refractivity contribution in [2.45, 2.75) is 6.42 Å². The number of hydrogen-bond acceptors (Lipinski definition) is 4. The van der Waals surface area contributed by atoms with Crippen LogP contribution >= 0.6 is 0 Å². The molecule has 0 saturated carbocycles. The topological polar surface area (TPSA) is 67.9 Å². The van der Waals surface area contributed by atoms with Gasteiger partial charge in [-0.15, -0.1) is 0 Å². The third-order valence-electron chi connectivity index (χ3n) is 4.23. The van der Waals surface area contributed by atoms with E-state index < -0.39 is 5.92 Å². The van der Waals surface area contributed by atoms with Crippen LogP contribution in [0.3, 0.4) is 0 Å². The van der Waals surface area contributed by atoms with Gasteiger partial charge in [0.2, 0.25) is 11.8 Å². The van der Waals surface area contributed by atoms with Gasteiger partial charge < -0.3 is 19.7 Å². The van der Waals surface area contributed by atoms with Gasteiger partial charge in [0, 0.05) is 24.7 Å². The van der Waals surface area contributed by atoms with Crippen LogP contribution in [0.4, 0.5) is 11.4 Å². The molecule has 0 radical (unpaired) electrons. The number of anilines is 2. The molecule has 25 heavy (non-hydrogen) atoms. The van der Waals surface area contributed by atoms with E-state index in [0.717, 1.165) is 5.69 Å². The average molecular weight is 340 g/mol. The van der Waals surface area contributed by atoms with Crippen LogP contribution in [0.15, 0.2) is 48.5 Å². The Morgan fingerprint density at radius 2 is 1.88 bits per heavy atom. The van der Waals surface area contributed by atoms with Gasteiger partial charge in [0.15, 0.2) is 0 Å². The monoisotopic (exact) mass is 340 g/mol. The molecule has 0 bridgehead atoms. The fraction of sp³-hybridized carbons (Fsp3) is 0.263. The summed E-state index contributed by atoms with van der Waals surface area (Å²) in [4.78, 5) is 26.5. The maximum atomic E-state index is 12.6.